The van der Waals surface area contributed by atoms with Crippen molar-refractivity contribution in [3.63, 3.8) is 0 Å². The zero-order valence-corrected chi connectivity index (χ0v) is 17.6. The summed E-state index contributed by atoms with van der Waals surface area (Å²) in [5.74, 6) is 7.85. The maximum atomic E-state index is 5.78. The molecule has 0 aliphatic heterocycles. The number of aromatic nitrogens is 2. The van der Waals surface area contributed by atoms with Crippen molar-refractivity contribution in [1.29, 1.82) is 0 Å². The third-order valence-corrected chi connectivity index (χ3v) is 5.46. The van der Waals surface area contributed by atoms with Gasteiger partial charge in [0.1, 0.15) is 10.8 Å². The number of hydrogen-bond acceptors (Lipinski definition) is 5. The van der Waals surface area contributed by atoms with Gasteiger partial charge in [-0.1, -0.05) is 30.0 Å². The summed E-state index contributed by atoms with van der Waals surface area (Å²) >= 11 is 1.58. The van der Waals surface area contributed by atoms with Crippen molar-refractivity contribution in [3.8, 4) is 44.6 Å². The Morgan fingerprint density at radius 3 is 2.20 bits per heavy atom. The van der Waals surface area contributed by atoms with Gasteiger partial charge in [-0.05, 0) is 61.0 Å². The predicted molar refractivity (Wildman–Crippen MR) is 121 cm³/mol. The molecule has 0 N–H and O–H groups in total. The largest absolute Gasteiger partial charge is 0.497 e. The molecule has 0 aliphatic carbocycles. The third-order valence-electron chi connectivity index (χ3n) is 4.35. The molecule has 0 radical (unpaired) electrons. The van der Waals surface area contributed by atoms with Crippen LogP contribution in [0.25, 0.3) is 21.1 Å². The molecular weight excluding hydrogens is 392 g/mol. The second kappa shape index (κ2) is 9.25. The van der Waals surface area contributed by atoms with Crippen LogP contribution < -0.4 is 9.47 Å². The first-order valence-electron chi connectivity index (χ1n) is 9.58. The van der Waals surface area contributed by atoms with Crippen LogP contribution in [-0.4, -0.2) is 23.7 Å². The van der Waals surface area contributed by atoms with Gasteiger partial charge < -0.3 is 9.47 Å². The summed E-state index contributed by atoms with van der Waals surface area (Å²) in [6.07, 6.45) is 1.77. The van der Waals surface area contributed by atoms with Crippen molar-refractivity contribution in [3.05, 3.63) is 84.1 Å². The molecule has 0 saturated heterocycles. The van der Waals surface area contributed by atoms with Crippen molar-refractivity contribution in [2.24, 2.45) is 0 Å². The molecule has 30 heavy (non-hydrogen) atoms. The molecule has 0 unspecified atom stereocenters. The van der Waals surface area contributed by atoms with E-state index in [-0.39, 0.29) is 0 Å². The van der Waals surface area contributed by atoms with E-state index in [1.165, 1.54) is 0 Å². The van der Waals surface area contributed by atoms with Crippen LogP contribution in [-0.2, 0) is 0 Å². The molecule has 0 atom stereocenters. The fraction of sp³-hybridized carbons (Fsp3) is 0.120. The van der Waals surface area contributed by atoms with E-state index in [4.69, 9.17) is 9.47 Å². The molecule has 0 aliphatic rings. The third kappa shape index (κ3) is 4.51. The normalized spacial score (nSPS) is 10.2. The summed E-state index contributed by atoms with van der Waals surface area (Å²) in [6.45, 7) is 2.52. The zero-order chi connectivity index (χ0) is 20.8. The van der Waals surface area contributed by atoms with Gasteiger partial charge in [-0.3, -0.25) is 4.98 Å². The van der Waals surface area contributed by atoms with Crippen LogP contribution in [0, 0.1) is 11.8 Å². The van der Waals surface area contributed by atoms with Gasteiger partial charge in [0.15, 0.2) is 0 Å². The summed E-state index contributed by atoms with van der Waals surface area (Å²) in [4.78, 5) is 10.0. The number of ether oxygens (including phenoxy) is 2. The molecule has 148 valence electrons. The highest BCUT2D eigenvalue weighted by Gasteiger charge is 2.16. The molecule has 5 heteroatoms. The van der Waals surface area contributed by atoms with Gasteiger partial charge in [-0.25, -0.2) is 0 Å². The summed E-state index contributed by atoms with van der Waals surface area (Å²) < 4.78 is 11.0. The summed E-state index contributed by atoms with van der Waals surface area (Å²) in [5, 5.41) is 0.845. The minimum Gasteiger partial charge on any atom is -0.497 e. The lowest BCUT2D eigenvalue weighted by molar-refractivity contribution is 0.330. The van der Waals surface area contributed by atoms with E-state index in [1.807, 2.05) is 61.5 Å². The molecule has 2 heterocycles. The molecule has 0 amide bonds. The van der Waals surface area contributed by atoms with Crippen molar-refractivity contribution >= 4 is 11.3 Å². The molecule has 4 nitrogen and oxygen atoms in total. The van der Waals surface area contributed by atoms with Crippen LogP contribution in [0.3, 0.4) is 0 Å². The Morgan fingerprint density at radius 1 is 0.900 bits per heavy atom. The average molecular weight is 413 g/mol. The van der Waals surface area contributed by atoms with Gasteiger partial charge in [-0.2, -0.15) is 4.98 Å². The first-order valence-corrected chi connectivity index (χ1v) is 10.4. The van der Waals surface area contributed by atoms with Crippen molar-refractivity contribution in [1.82, 2.24) is 9.97 Å². The van der Waals surface area contributed by atoms with Gasteiger partial charge in [0.05, 0.1) is 24.3 Å². The fourth-order valence-corrected chi connectivity index (χ4v) is 3.84. The van der Waals surface area contributed by atoms with Crippen LogP contribution >= 0.6 is 11.3 Å². The Bertz CT molecular complexity index is 1170. The Labute approximate surface area is 180 Å². The first kappa shape index (κ1) is 19.7. The van der Waals surface area contributed by atoms with Crippen LogP contribution in [0.2, 0.25) is 0 Å². The summed E-state index contributed by atoms with van der Waals surface area (Å²) in [6, 6.07) is 21.7. The van der Waals surface area contributed by atoms with Gasteiger partial charge in [0, 0.05) is 17.3 Å². The van der Waals surface area contributed by atoms with Gasteiger partial charge >= 0.3 is 0 Å². The zero-order valence-electron chi connectivity index (χ0n) is 16.8. The van der Waals surface area contributed by atoms with Crippen LogP contribution in [0.5, 0.6) is 11.6 Å². The second-order valence-corrected chi connectivity index (χ2v) is 7.36. The van der Waals surface area contributed by atoms with Crippen LogP contribution in [0.1, 0.15) is 18.1 Å². The standard InChI is InChI=1S/C25H20N2O2S/c1-3-29-24-23(30-25(27-24)22-6-4-5-17-26-22)20-13-9-18(10-14-20)7-8-19-11-15-21(28-2)16-12-19/h4-6,9-17H,3H2,1-2H3. The highest BCUT2D eigenvalue weighted by atomic mass is 32.1. The van der Waals surface area contributed by atoms with E-state index in [0.29, 0.717) is 12.5 Å². The highest BCUT2D eigenvalue weighted by Crippen LogP contribution is 2.39. The number of pyridine rings is 1. The monoisotopic (exact) mass is 412 g/mol. The maximum absolute atomic E-state index is 5.78. The molecular formula is C25H20N2O2S. The van der Waals surface area contributed by atoms with E-state index in [2.05, 4.69) is 33.9 Å². The Hall–Kier alpha value is -3.62. The molecule has 0 saturated carbocycles. The smallest absolute Gasteiger partial charge is 0.233 e. The highest BCUT2D eigenvalue weighted by molar-refractivity contribution is 7.18. The van der Waals surface area contributed by atoms with Gasteiger partial charge in [0.2, 0.25) is 5.88 Å². The quantitative estimate of drug-likeness (QED) is 0.396. The first-order chi connectivity index (χ1) is 14.8. The van der Waals surface area contributed by atoms with Crippen LogP contribution in [0.4, 0.5) is 0 Å². The second-order valence-electron chi connectivity index (χ2n) is 6.36. The molecule has 0 bridgehead atoms. The van der Waals surface area contributed by atoms with Crippen molar-refractivity contribution in [2.75, 3.05) is 13.7 Å². The van der Waals surface area contributed by atoms with Crippen molar-refractivity contribution in [2.45, 2.75) is 6.92 Å². The SMILES string of the molecule is CCOc1nc(-c2ccccn2)sc1-c1ccc(C#Cc2ccc(OC)cc2)cc1. The lowest BCUT2D eigenvalue weighted by atomic mass is 10.1. The lowest BCUT2D eigenvalue weighted by Gasteiger charge is -2.03. The number of rotatable bonds is 5. The number of thiazole rings is 1. The van der Waals surface area contributed by atoms with Gasteiger partial charge in [-0.15, -0.1) is 11.3 Å². The number of hydrogen-bond donors (Lipinski definition) is 0. The number of nitrogens with zero attached hydrogens (tertiary/aromatic N) is 2. The van der Waals surface area contributed by atoms with Crippen molar-refractivity contribution < 1.29 is 9.47 Å². The fourth-order valence-electron chi connectivity index (χ4n) is 2.85. The Morgan fingerprint density at radius 2 is 1.60 bits per heavy atom. The molecule has 4 rings (SSSR count). The van der Waals surface area contributed by atoms with E-state index in [9.17, 15) is 0 Å². The minimum absolute atomic E-state index is 0.559. The predicted octanol–water partition coefficient (Wildman–Crippen LogP) is 5.68. The summed E-state index contributed by atoms with van der Waals surface area (Å²) in [5.41, 5.74) is 3.78. The topological polar surface area (TPSA) is 44.2 Å². The molecule has 0 fully saturated rings. The summed E-state index contributed by atoms with van der Waals surface area (Å²) in [7, 11) is 1.65. The molecule has 2 aromatic heterocycles. The molecule has 0 spiro atoms. The lowest BCUT2D eigenvalue weighted by Crippen LogP contribution is -1.93. The Kier molecular flexibility index (Phi) is 6.07. The van der Waals surface area contributed by atoms with Crippen LogP contribution in [0.15, 0.2) is 72.9 Å². The van der Waals surface area contributed by atoms with E-state index >= 15 is 0 Å². The maximum Gasteiger partial charge on any atom is 0.233 e. The average Bonchev–Trinajstić information content (AvgIpc) is 3.23. The number of benzene rings is 2. The van der Waals surface area contributed by atoms with E-state index in [1.54, 1.807) is 24.6 Å². The van der Waals surface area contributed by atoms with E-state index in [0.717, 1.165) is 38.0 Å². The molecule has 2 aromatic carbocycles. The number of methoxy groups -OCH3 is 1. The van der Waals surface area contributed by atoms with Gasteiger partial charge in [0.25, 0.3) is 0 Å². The van der Waals surface area contributed by atoms with E-state index < -0.39 is 0 Å². The Balaban J connectivity index is 1.59. The molecule has 4 aromatic rings. The minimum atomic E-state index is 0.559.